The van der Waals surface area contributed by atoms with Gasteiger partial charge in [-0.15, -0.1) is 0 Å². The minimum absolute atomic E-state index is 0.0895. The number of carbonyl (C=O) groups excluding carboxylic acids is 2. The highest BCUT2D eigenvalue weighted by molar-refractivity contribution is 6.07. The minimum atomic E-state index is -0.121. The molecule has 0 spiro atoms. The van der Waals surface area contributed by atoms with Crippen LogP contribution in [0.2, 0.25) is 0 Å². The number of aromatic nitrogens is 2. The second-order valence-electron chi connectivity index (χ2n) is 8.15. The number of hydrogen-bond acceptors (Lipinski definition) is 4. The number of methoxy groups -OCH3 is 1. The summed E-state index contributed by atoms with van der Waals surface area (Å²) in [4.78, 5) is 28.6. The summed E-state index contributed by atoms with van der Waals surface area (Å²) < 4.78 is 5.79. The zero-order chi connectivity index (χ0) is 22.2. The molecule has 32 heavy (non-hydrogen) atoms. The average molecular weight is 431 g/mol. The fourth-order valence-electron chi connectivity index (χ4n) is 4.33. The third kappa shape index (κ3) is 3.57. The maximum absolute atomic E-state index is 13.4. The molecule has 1 aromatic heterocycles. The van der Waals surface area contributed by atoms with Gasteiger partial charge in [0.15, 0.2) is 0 Å². The molecule has 2 aliphatic rings. The molecule has 0 unspecified atom stereocenters. The van der Waals surface area contributed by atoms with Crippen LogP contribution in [0.5, 0.6) is 5.75 Å². The van der Waals surface area contributed by atoms with Crippen LogP contribution in [0.4, 0.5) is 21.9 Å². The Morgan fingerprint density at radius 1 is 1.09 bits per heavy atom. The van der Waals surface area contributed by atoms with Gasteiger partial charge in [0.25, 0.3) is 0 Å². The Bertz CT molecular complexity index is 1150. The van der Waals surface area contributed by atoms with Gasteiger partial charge in [-0.2, -0.15) is 5.10 Å². The summed E-state index contributed by atoms with van der Waals surface area (Å²) in [7, 11) is 1.62. The van der Waals surface area contributed by atoms with Crippen LogP contribution in [0.3, 0.4) is 0 Å². The van der Waals surface area contributed by atoms with Gasteiger partial charge in [0.1, 0.15) is 5.75 Å². The van der Waals surface area contributed by atoms with E-state index in [-0.39, 0.29) is 11.9 Å². The van der Waals surface area contributed by atoms with Gasteiger partial charge in [-0.1, -0.05) is 12.1 Å². The van der Waals surface area contributed by atoms with Crippen LogP contribution in [0.25, 0.3) is 11.1 Å². The van der Waals surface area contributed by atoms with Gasteiger partial charge in [-0.3, -0.25) is 19.7 Å². The minimum Gasteiger partial charge on any atom is -0.494 e. The van der Waals surface area contributed by atoms with Crippen LogP contribution in [0.15, 0.2) is 48.8 Å². The largest absolute Gasteiger partial charge is 0.494 e. The Labute approximate surface area is 186 Å². The smallest absolute Gasteiger partial charge is 0.329 e. The Balaban J connectivity index is 1.43. The Hall–Kier alpha value is -3.81. The van der Waals surface area contributed by atoms with Gasteiger partial charge in [-0.05, 0) is 48.6 Å². The highest BCUT2D eigenvalue weighted by atomic mass is 16.5. The molecule has 3 amide bonds. The van der Waals surface area contributed by atoms with E-state index in [0.717, 1.165) is 46.6 Å². The van der Waals surface area contributed by atoms with Gasteiger partial charge in [0.2, 0.25) is 5.91 Å². The molecule has 0 atom stereocenters. The standard InChI is InChI=1S/C24H25N5O3/c1-15(30)27-20-9-10-21(23(32-2)22(20)17-3-4-17)29-12-11-28(24(29)31)19-7-5-16(6-8-19)18-13-25-26-14-18/h5-10,13-14,17H,3-4,11-12H2,1-2H3,(H,25,26)(H,27,30). The summed E-state index contributed by atoms with van der Waals surface area (Å²) in [5.41, 5.74) is 5.37. The second-order valence-corrected chi connectivity index (χ2v) is 8.15. The zero-order valence-corrected chi connectivity index (χ0v) is 18.1. The average Bonchev–Trinajstić information content (AvgIpc) is 3.33. The highest BCUT2D eigenvalue weighted by Crippen LogP contribution is 2.51. The number of amides is 3. The van der Waals surface area contributed by atoms with Crippen LogP contribution in [-0.2, 0) is 4.79 Å². The Morgan fingerprint density at radius 2 is 1.84 bits per heavy atom. The molecule has 2 heterocycles. The molecular weight excluding hydrogens is 406 g/mol. The summed E-state index contributed by atoms with van der Waals surface area (Å²) in [6, 6.07) is 11.5. The first kappa shape index (κ1) is 20.1. The van der Waals surface area contributed by atoms with Crippen LogP contribution in [0, 0.1) is 0 Å². The van der Waals surface area contributed by atoms with Crippen molar-refractivity contribution in [2.75, 3.05) is 35.3 Å². The fraction of sp³-hybridized carbons (Fsp3) is 0.292. The van der Waals surface area contributed by atoms with Crippen LogP contribution in [0.1, 0.15) is 31.2 Å². The number of H-pyrrole nitrogens is 1. The molecule has 0 bridgehead atoms. The second kappa shape index (κ2) is 8.03. The third-order valence-electron chi connectivity index (χ3n) is 5.99. The van der Waals surface area contributed by atoms with E-state index in [9.17, 15) is 9.59 Å². The van der Waals surface area contributed by atoms with E-state index in [1.165, 1.54) is 6.92 Å². The molecular formula is C24H25N5O3. The van der Waals surface area contributed by atoms with Crippen LogP contribution >= 0.6 is 0 Å². The van der Waals surface area contributed by atoms with Gasteiger partial charge in [-0.25, -0.2) is 4.79 Å². The molecule has 2 fully saturated rings. The summed E-state index contributed by atoms with van der Waals surface area (Å²) in [5.74, 6) is 0.893. The number of anilines is 3. The first-order valence-corrected chi connectivity index (χ1v) is 10.7. The monoisotopic (exact) mass is 431 g/mol. The molecule has 5 rings (SSSR count). The summed E-state index contributed by atoms with van der Waals surface area (Å²) in [6.07, 6.45) is 5.71. The SMILES string of the molecule is COc1c(N2CCN(c3ccc(-c4cn[nH]c4)cc3)C2=O)ccc(NC(C)=O)c1C1CC1. The molecule has 1 aliphatic heterocycles. The number of benzene rings is 2. The highest BCUT2D eigenvalue weighted by Gasteiger charge is 2.36. The van der Waals surface area contributed by atoms with E-state index >= 15 is 0 Å². The molecule has 0 radical (unpaired) electrons. The van der Waals surface area contributed by atoms with E-state index in [2.05, 4.69) is 15.5 Å². The van der Waals surface area contributed by atoms with Crippen molar-refractivity contribution in [3.63, 3.8) is 0 Å². The number of carbonyl (C=O) groups is 2. The van der Waals surface area contributed by atoms with Gasteiger partial charge >= 0.3 is 6.03 Å². The molecule has 1 aliphatic carbocycles. The maximum atomic E-state index is 13.4. The van der Waals surface area contributed by atoms with E-state index in [0.29, 0.717) is 24.8 Å². The predicted octanol–water partition coefficient (Wildman–Crippen LogP) is 4.37. The molecule has 2 aromatic carbocycles. The van der Waals surface area contributed by atoms with Crippen LogP contribution < -0.4 is 19.9 Å². The molecule has 1 saturated heterocycles. The van der Waals surface area contributed by atoms with Gasteiger partial charge < -0.3 is 10.1 Å². The lowest BCUT2D eigenvalue weighted by atomic mass is 10.0. The third-order valence-corrected chi connectivity index (χ3v) is 5.99. The number of ether oxygens (including phenoxy) is 1. The lowest BCUT2D eigenvalue weighted by Crippen LogP contribution is -2.32. The van der Waals surface area contributed by atoms with Crippen molar-refractivity contribution >= 4 is 29.0 Å². The number of nitrogens with one attached hydrogen (secondary N) is 2. The molecule has 1 saturated carbocycles. The molecule has 2 N–H and O–H groups in total. The number of hydrogen-bond donors (Lipinski definition) is 2. The number of aromatic amines is 1. The van der Waals surface area contributed by atoms with Crippen molar-refractivity contribution in [3.8, 4) is 16.9 Å². The number of urea groups is 1. The van der Waals surface area contributed by atoms with E-state index in [4.69, 9.17) is 4.74 Å². The number of nitrogens with zero attached hydrogens (tertiary/aromatic N) is 3. The molecule has 164 valence electrons. The Kier molecular flexibility index (Phi) is 5.05. The van der Waals surface area contributed by atoms with Gasteiger partial charge in [0, 0.05) is 48.7 Å². The van der Waals surface area contributed by atoms with Crippen molar-refractivity contribution in [2.24, 2.45) is 0 Å². The van der Waals surface area contributed by atoms with Crippen molar-refractivity contribution in [1.82, 2.24) is 10.2 Å². The van der Waals surface area contributed by atoms with Crippen molar-refractivity contribution in [1.29, 1.82) is 0 Å². The quantitative estimate of drug-likeness (QED) is 0.606. The fourth-order valence-corrected chi connectivity index (χ4v) is 4.33. The van der Waals surface area contributed by atoms with E-state index in [1.54, 1.807) is 23.1 Å². The topological polar surface area (TPSA) is 90.6 Å². The van der Waals surface area contributed by atoms with Crippen molar-refractivity contribution < 1.29 is 14.3 Å². The van der Waals surface area contributed by atoms with E-state index in [1.807, 2.05) is 42.6 Å². The predicted molar refractivity (Wildman–Crippen MR) is 123 cm³/mol. The lowest BCUT2D eigenvalue weighted by Gasteiger charge is -2.24. The maximum Gasteiger partial charge on any atom is 0.329 e. The molecule has 8 heteroatoms. The summed E-state index contributed by atoms with van der Waals surface area (Å²) in [6.45, 7) is 2.64. The summed E-state index contributed by atoms with van der Waals surface area (Å²) in [5, 5.41) is 9.71. The molecule has 3 aromatic rings. The first-order chi connectivity index (χ1) is 15.6. The zero-order valence-electron chi connectivity index (χ0n) is 18.1. The lowest BCUT2D eigenvalue weighted by molar-refractivity contribution is -0.114. The van der Waals surface area contributed by atoms with Crippen LogP contribution in [-0.4, -0.2) is 42.3 Å². The van der Waals surface area contributed by atoms with E-state index < -0.39 is 0 Å². The first-order valence-electron chi connectivity index (χ1n) is 10.7. The normalized spacial score (nSPS) is 15.9. The van der Waals surface area contributed by atoms with Gasteiger partial charge in [0.05, 0.1) is 19.0 Å². The van der Waals surface area contributed by atoms with Crippen molar-refractivity contribution in [3.05, 3.63) is 54.4 Å². The molecule has 8 nitrogen and oxygen atoms in total. The Morgan fingerprint density at radius 3 is 2.47 bits per heavy atom. The van der Waals surface area contributed by atoms with Crippen molar-refractivity contribution in [2.45, 2.75) is 25.7 Å². The summed E-state index contributed by atoms with van der Waals surface area (Å²) >= 11 is 0. The number of rotatable bonds is 6.